The van der Waals surface area contributed by atoms with Crippen LogP contribution in [0.25, 0.3) is 0 Å². The first-order chi connectivity index (χ1) is 12.2. The van der Waals surface area contributed by atoms with Crippen LogP contribution in [-0.2, 0) is 19.0 Å². The molecule has 3 atom stereocenters. The SMILES string of the molecule is CC(C)(C)OC(=O)N[C@H]1CO[C@H](C(=O)O)CC1OC(=O)c1ccccc1. The van der Waals surface area contributed by atoms with Gasteiger partial charge >= 0.3 is 18.0 Å². The molecule has 1 aliphatic heterocycles. The van der Waals surface area contributed by atoms with E-state index in [1.54, 1.807) is 51.1 Å². The first-order valence-electron chi connectivity index (χ1n) is 8.25. The number of ether oxygens (including phenoxy) is 3. The Hall–Kier alpha value is -2.61. The van der Waals surface area contributed by atoms with Gasteiger partial charge in [-0.2, -0.15) is 0 Å². The van der Waals surface area contributed by atoms with Gasteiger partial charge in [0.05, 0.1) is 18.2 Å². The minimum Gasteiger partial charge on any atom is -0.479 e. The first kappa shape index (κ1) is 19.7. The van der Waals surface area contributed by atoms with Crippen LogP contribution < -0.4 is 5.32 Å². The molecule has 1 fully saturated rings. The lowest BCUT2D eigenvalue weighted by Crippen LogP contribution is -2.55. The minimum absolute atomic E-state index is 0.0750. The van der Waals surface area contributed by atoms with Crippen molar-refractivity contribution in [2.24, 2.45) is 0 Å². The largest absolute Gasteiger partial charge is 0.479 e. The lowest BCUT2D eigenvalue weighted by atomic mass is 10.0. The number of alkyl carbamates (subject to hydrolysis) is 1. The van der Waals surface area contributed by atoms with Gasteiger partial charge in [-0.1, -0.05) is 18.2 Å². The number of aliphatic carboxylic acids is 1. The molecule has 1 aromatic carbocycles. The molecule has 0 aromatic heterocycles. The average Bonchev–Trinajstić information content (AvgIpc) is 2.55. The highest BCUT2D eigenvalue weighted by Crippen LogP contribution is 2.20. The molecule has 8 heteroatoms. The van der Waals surface area contributed by atoms with Crippen LogP contribution in [-0.4, -0.2) is 53.6 Å². The molecule has 8 nitrogen and oxygen atoms in total. The summed E-state index contributed by atoms with van der Waals surface area (Å²) in [4.78, 5) is 35.5. The summed E-state index contributed by atoms with van der Waals surface area (Å²) in [5.41, 5.74) is -0.360. The Morgan fingerprint density at radius 2 is 1.85 bits per heavy atom. The monoisotopic (exact) mass is 365 g/mol. The van der Waals surface area contributed by atoms with Gasteiger partial charge < -0.3 is 24.6 Å². The maximum absolute atomic E-state index is 12.3. The third-order valence-electron chi connectivity index (χ3n) is 3.62. The standard InChI is InChI=1S/C18H23NO7/c1-18(2,3)26-17(23)19-12-10-24-14(15(20)21)9-13(12)25-16(22)11-7-5-4-6-8-11/h4-8,12-14H,9-10H2,1-3H3,(H,19,23)(H,20,21)/t12-,13?,14-/m0/s1. The predicted molar refractivity (Wildman–Crippen MR) is 90.8 cm³/mol. The Labute approximate surface area is 151 Å². The summed E-state index contributed by atoms with van der Waals surface area (Å²) < 4.78 is 15.9. The summed E-state index contributed by atoms with van der Waals surface area (Å²) in [6.07, 6.45) is -2.74. The van der Waals surface area contributed by atoms with Gasteiger partial charge in [0.2, 0.25) is 0 Å². The Morgan fingerprint density at radius 3 is 2.42 bits per heavy atom. The van der Waals surface area contributed by atoms with E-state index < -0.39 is 41.9 Å². The van der Waals surface area contributed by atoms with Crippen LogP contribution >= 0.6 is 0 Å². The molecule has 1 saturated heterocycles. The molecule has 0 spiro atoms. The van der Waals surface area contributed by atoms with Crippen LogP contribution in [0.2, 0.25) is 0 Å². The molecule has 0 radical (unpaired) electrons. The summed E-state index contributed by atoms with van der Waals surface area (Å²) in [6, 6.07) is 7.61. The Morgan fingerprint density at radius 1 is 1.19 bits per heavy atom. The van der Waals surface area contributed by atoms with Crippen LogP contribution in [0.15, 0.2) is 30.3 Å². The molecule has 0 bridgehead atoms. The third-order valence-corrected chi connectivity index (χ3v) is 3.62. The van der Waals surface area contributed by atoms with E-state index in [9.17, 15) is 14.4 Å². The van der Waals surface area contributed by atoms with Gasteiger partial charge in [0.15, 0.2) is 6.10 Å². The normalized spacial score (nSPS) is 23.0. The van der Waals surface area contributed by atoms with Crippen molar-refractivity contribution in [1.82, 2.24) is 5.32 Å². The fraction of sp³-hybridized carbons (Fsp3) is 0.500. The number of carboxylic acid groups (broad SMARTS) is 1. The smallest absolute Gasteiger partial charge is 0.408 e. The quantitative estimate of drug-likeness (QED) is 0.785. The number of rotatable bonds is 4. The van der Waals surface area contributed by atoms with Crippen LogP contribution in [0.4, 0.5) is 4.79 Å². The summed E-state index contributed by atoms with van der Waals surface area (Å²) in [7, 11) is 0. The van der Waals surface area contributed by atoms with Gasteiger partial charge in [0.1, 0.15) is 11.7 Å². The van der Waals surface area contributed by atoms with E-state index in [0.717, 1.165) is 0 Å². The van der Waals surface area contributed by atoms with E-state index in [1.807, 2.05) is 0 Å². The van der Waals surface area contributed by atoms with Crippen LogP contribution in [0.5, 0.6) is 0 Å². The number of amides is 1. The Bertz CT molecular complexity index is 653. The van der Waals surface area contributed by atoms with Crippen molar-refractivity contribution < 1.29 is 33.7 Å². The zero-order valence-electron chi connectivity index (χ0n) is 14.9. The van der Waals surface area contributed by atoms with Crippen molar-refractivity contribution >= 4 is 18.0 Å². The fourth-order valence-corrected chi connectivity index (χ4v) is 2.45. The second-order valence-corrected chi connectivity index (χ2v) is 6.96. The summed E-state index contributed by atoms with van der Waals surface area (Å²) in [5.74, 6) is -1.75. The maximum atomic E-state index is 12.3. The van der Waals surface area contributed by atoms with Crippen LogP contribution in [0.3, 0.4) is 0 Å². The van der Waals surface area contributed by atoms with Crippen molar-refractivity contribution in [1.29, 1.82) is 0 Å². The zero-order chi connectivity index (χ0) is 19.3. The fourth-order valence-electron chi connectivity index (χ4n) is 2.45. The number of carbonyl (C=O) groups is 3. The van der Waals surface area contributed by atoms with Gasteiger partial charge in [-0.05, 0) is 32.9 Å². The molecule has 1 amide bonds. The van der Waals surface area contributed by atoms with E-state index in [0.29, 0.717) is 5.56 Å². The van der Waals surface area contributed by atoms with Crippen molar-refractivity contribution in [2.45, 2.75) is 51.0 Å². The van der Waals surface area contributed by atoms with E-state index in [2.05, 4.69) is 5.32 Å². The maximum Gasteiger partial charge on any atom is 0.408 e. The summed E-state index contributed by atoms with van der Waals surface area (Å²) in [6.45, 7) is 5.05. The number of hydrogen-bond acceptors (Lipinski definition) is 6. The van der Waals surface area contributed by atoms with Crippen molar-refractivity contribution in [3.05, 3.63) is 35.9 Å². The molecule has 0 aliphatic carbocycles. The Balaban J connectivity index is 2.08. The van der Waals surface area contributed by atoms with Gasteiger partial charge in [0.25, 0.3) is 0 Å². The highest BCUT2D eigenvalue weighted by molar-refractivity contribution is 5.89. The van der Waals surface area contributed by atoms with Gasteiger partial charge in [-0.15, -0.1) is 0 Å². The molecule has 1 aromatic rings. The van der Waals surface area contributed by atoms with Crippen LogP contribution in [0.1, 0.15) is 37.6 Å². The molecule has 142 valence electrons. The molecule has 2 rings (SSSR count). The minimum atomic E-state index is -1.15. The lowest BCUT2D eigenvalue weighted by molar-refractivity contribution is -0.159. The predicted octanol–water partition coefficient (Wildman–Crippen LogP) is 1.98. The van der Waals surface area contributed by atoms with Crippen molar-refractivity contribution in [3.63, 3.8) is 0 Å². The number of esters is 1. The topological polar surface area (TPSA) is 111 Å². The average molecular weight is 365 g/mol. The highest BCUT2D eigenvalue weighted by Gasteiger charge is 2.38. The number of nitrogens with one attached hydrogen (secondary N) is 1. The molecular formula is C18H23NO7. The number of benzene rings is 1. The van der Waals surface area contributed by atoms with E-state index in [1.165, 1.54) is 0 Å². The number of hydrogen-bond donors (Lipinski definition) is 2. The van der Waals surface area contributed by atoms with Gasteiger partial charge in [-0.3, -0.25) is 0 Å². The molecule has 2 N–H and O–H groups in total. The summed E-state index contributed by atoms with van der Waals surface area (Å²) in [5, 5.41) is 11.7. The van der Waals surface area contributed by atoms with E-state index in [4.69, 9.17) is 19.3 Å². The molecule has 1 aliphatic rings. The first-order valence-corrected chi connectivity index (χ1v) is 8.25. The molecule has 26 heavy (non-hydrogen) atoms. The van der Waals surface area contributed by atoms with E-state index >= 15 is 0 Å². The van der Waals surface area contributed by atoms with E-state index in [-0.39, 0.29) is 13.0 Å². The van der Waals surface area contributed by atoms with Gasteiger partial charge in [-0.25, -0.2) is 14.4 Å². The van der Waals surface area contributed by atoms with Crippen LogP contribution in [0, 0.1) is 0 Å². The molecule has 1 unspecified atom stereocenters. The van der Waals surface area contributed by atoms with Gasteiger partial charge in [0, 0.05) is 6.42 Å². The molecule has 1 heterocycles. The number of carboxylic acids is 1. The highest BCUT2D eigenvalue weighted by atomic mass is 16.6. The van der Waals surface area contributed by atoms with Crippen molar-refractivity contribution in [2.75, 3.05) is 6.61 Å². The molecule has 0 saturated carbocycles. The Kier molecular flexibility index (Phi) is 6.20. The van der Waals surface area contributed by atoms with Crippen molar-refractivity contribution in [3.8, 4) is 0 Å². The lowest BCUT2D eigenvalue weighted by Gasteiger charge is -2.35. The second kappa shape index (κ2) is 8.18. The third kappa shape index (κ3) is 5.73. The zero-order valence-corrected chi connectivity index (χ0v) is 14.9. The summed E-state index contributed by atoms with van der Waals surface area (Å²) >= 11 is 0. The molecular weight excluding hydrogens is 342 g/mol. The second-order valence-electron chi connectivity index (χ2n) is 6.96. The number of carbonyl (C=O) groups excluding carboxylic acids is 2.